The van der Waals surface area contributed by atoms with E-state index in [-0.39, 0.29) is 4.59 Å². The lowest BCUT2D eigenvalue weighted by Gasteiger charge is -2.44. The fourth-order valence-corrected chi connectivity index (χ4v) is 2.67. The van der Waals surface area contributed by atoms with Crippen molar-refractivity contribution in [3.63, 3.8) is 0 Å². The third kappa shape index (κ3) is 2.00. The number of hydrogen-bond acceptors (Lipinski definition) is 3. The molecule has 5 heteroatoms. The normalized spacial score (nSPS) is 27.5. The smallest absolute Gasteiger partial charge is 0.434 e. The van der Waals surface area contributed by atoms with Gasteiger partial charge < -0.3 is 10.4 Å². The minimum atomic E-state index is -0.670. The second-order valence-corrected chi connectivity index (χ2v) is 4.42. The van der Waals surface area contributed by atoms with E-state index in [1.807, 2.05) is 0 Å². The van der Waals surface area contributed by atoms with E-state index in [1.165, 1.54) is 6.42 Å². The molecule has 0 aromatic carbocycles. The van der Waals surface area contributed by atoms with E-state index >= 15 is 0 Å². The molecule has 2 rings (SSSR count). The topological polar surface area (TPSA) is 52.6 Å². The molecule has 0 aliphatic carbocycles. The molecule has 0 saturated carbocycles. The first-order chi connectivity index (χ1) is 7.26. The van der Waals surface area contributed by atoms with Crippen LogP contribution in [-0.2, 0) is 0 Å². The number of likely N-dealkylation sites (tertiary alicyclic amines) is 1. The molecule has 0 radical (unpaired) electrons. The van der Waals surface area contributed by atoms with Crippen molar-refractivity contribution in [2.45, 2.75) is 19.3 Å². The lowest BCUT2D eigenvalue weighted by Crippen LogP contribution is -2.68. The zero-order valence-electron chi connectivity index (χ0n) is 9.11. The highest BCUT2D eigenvalue weighted by Crippen LogP contribution is 2.23. The van der Waals surface area contributed by atoms with E-state index in [0.717, 1.165) is 52.1 Å². The lowest BCUT2D eigenvalue weighted by atomic mass is 10.1. The molecular weight excluding hydrogens is 194 g/mol. The molecule has 0 bridgehead atoms. The van der Waals surface area contributed by atoms with Crippen molar-refractivity contribution in [3.05, 3.63) is 0 Å². The van der Waals surface area contributed by atoms with Crippen LogP contribution in [-0.4, -0.2) is 60.1 Å². The first-order valence-corrected chi connectivity index (χ1v) is 5.82. The summed E-state index contributed by atoms with van der Waals surface area (Å²) in [6, 6.07) is 0. The van der Waals surface area contributed by atoms with Gasteiger partial charge in [-0.1, -0.05) is 0 Å². The maximum Gasteiger partial charge on any atom is 0.533 e. The summed E-state index contributed by atoms with van der Waals surface area (Å²) in [4.78, 5) is 11.5. The summed E-state index contributed by atoms with van der Waals surface area (Å²) >= 11 is 0. The molecule has 2 aliphatic rings. The van der Waals surface area contributed by atoms with Gasteiger partial charge in [0.1, 0.15) is 13.1 Å². The summed E-state index contributed by atoms with van der Waals surface area (Å²) in [6.45, 7) is 5.07. The van der Waals surface area contributed by atoms with Crippen LogP contribution < -0.4 is 5.32 Å². The molecule has 5 nitrogen and oxygen atoms in total. The van der Waals surface area contributed by atoms with Gasteiger partial charge in [0.15, 0.2) is 0 Å². The number of nitrogens with one attached hydrogen (secondary N) is 1. The number of piperidine rings is 1. The minimum Gasteiger partial charge on any atom is -0.434 e. The third-order valence-electron chi connectivity index (χ3n) is 3.55. The number of piperazine rings is 1. The van der Waals surface area contributed by atoms with Crippen molar-refractivity contribution in [3.8, 4) is 0 Å². The number of hydrogen-bond donors (Lipinski definition) is 2. The number of nitrogens with zero attached hydrogens (tertiary/aromatic N) is 2. The monoisotopic (exact) mass is 214 g/mol. The van der Waals surface area contributed by atoms with Gasteiger partial charge in [-0.15, -0.1) is 9.60 Å². The standard InChI is InChI=1S/C10H19N3O2/c14-10(15)13(8-2-1-3-9-13)12-6-4-11-5-7-12/h11H,1-9H2/p+1. The molecule has 0 aromatic rings. The molecule has 2 saturated heterocycles. The summed E-state index contributed by atoms with van der Waals surface area (Å²) < 4.78 is 0.182. The average molecular weight is 214 g/mol. The van der Waals surface area contributed by atoms with Gasteiger partial charge in [0.05, 0.1) is 13.1 Å². The Labute approximate surface area is 90.2 Å². The Kier molecular flexibility index (Phi) is 3.23. The maximum absolute atomic E-state index is 11.5. The first-order valence-electron chi connectivity index (χ1n) is 5.82. The van der Waals surface area contributed by atoms with Crippen LogP contribution in [0.1, 0.15) is 19.3 Å². The van der Waals surface area contributed by atoms with Crippen LogP contribution in [0.5, 0.6) is 0 Å². The SMILES string of the molecule is O=C(O)[N+]1(N2CCNCC2)CCCCC1. The van der Waals surface area contributed by atoms with E-state index in [9.17, 15) is 9.90 Å². The Bertz CT molecular complexity index is 233. The zero-order chi connectivity index (χ0) is 10.7. The lowest BCUT2D eigenvalue weighted by molar-refractivity contribution is -0.976. The van der Waals surface area contributed by atoms with Gasteiger partial charge in [0.2, 0.25) is 0 Å². The number of carboxylic acid groups (broad SMARTS) is 1. The summed E-state index contributed by atoms with van der Waals surface area (Å²) in [6.07, 6.45) is 2.59. The molecular formula is C10H20N3O2+. The van der Waals surface area contributed by atoms with Crippen molar-refractivity contribution in [1.82, 2.24) is 10.3 Å². The molecule has 2 aliphatic heterocycles. The molecule has 2 N–H and O–H groups in total. The van der Waals surface area contributed by atoms with Crippen LogP contribution in [0.3, 0.4) is 0 Å². The van der Waals surface area contributed by atoms with Gasteiger partial charge in [-0.25, -0.2) is 0 Å². The Balaban J connectivity index is 2.12. The molecule has 2 heterocycles. The number of quaternary nitrogens is 1. The van der Waals surface area contributed by atoms with E-state index in [4.69, 9.17) is 0 Å². The average Bonchev–Trinajstić information content (AvgIpc) is 2.31. The second kappa shape index (κ2) is 4.47. The Hall–Kier alpha value is -0.650. The van der Waals surface area contributed by atoms with Crippen molar-refractivity contribution in [1.29, 1.82) is 0 Å². The fraction of sp³-hybridized carbons (Fsp3) is 0.900. The van der Waals surface area contributed by atoms with Gasteiger partial charge >= 0.3 is 6.09 Å². The van der Waals surface area contributed by atoms with Crippen LogP contribution in [0.2, 0.25) is 0 Å². The number of amides is 1. The van der Waals surface area contributed by atoms with Crippen LogP contribution in [0.25, 0.3) is 0 Å². The Morgan fingerprint density at radius 3 is 2.27 bits per heavy atom. The predicted octanol–water partition coefficient (Wildman–Crippen LogP) is 0.485. The molecule has 2 fully saturated rings. The first kappa shape index (κ1) is 10.9. The van der Waals surface area contributed by atoms with Crippen molar-refractivity contribution >= 4 is 6.09 Å². The van der Waals surface area contributed by atoms with E-state index in [2.05, 4.69) is 10.3 Å². The van der Waals surface area contributed by atoms with Crippen LogP contribution in [0.15, 0.2) is 0 Å². The predicted molar refractivity (Wildman–Crippen MR) is 56.3 cm³/mol. The van der Waals surface area contributed by atoms with Crippen LogP contribution in [0.4, 0.5) is 4.79 Å². The molecule has 0 unspecified atom stereocenters. The van der Waals surface area contributed by atoms with Gasteiger partial charge in [-0.05, 0) is 19.3 Å². The summed E-state index contributed by atoms with van der Waals surface area (Å²) in [5, 5.41) is 14.8. The van der Waals surface area contributed by atoms with Crippen LogP contribution >= 0.6 is 0 Å². The fourth-order valence-electron chi connectivity index (χ4n) is 2.67. The highest BCUT2D eigenvalue weighted by Gasteiger charge is 2.45. The number of rotatable bonds is 1. The third-order valence-corrected chi connectivity index (χ3v) is 3.55. The van der Waals surface area contributed by atoms with Gasteiger partial charge in [0, 0.05) is 13.1 Å². The Morgan fingerprint density at radius 2 is 1.73 bits per heavy atom. The van der Waals surface area contributed by atoms with Crippen molar-refractivity contribution in [2.24, 2.45) is 0 Å². The largest absolute Gasteiger partial charge is 0.533 e. The van der Waals surface area contributed by atoms with Gasteiger partial charge in [-0.3, -0.25) is 0 Å². The molecule has 0 spiro atoms. The molecule has 1 amide bonds. The quantitative estimate of drug-likeness (QED) is 0.624. The van der Waals surface area contributed by atoms with Crippen molar-refractivity contribution in [2.75, 3.05) is 39.3 Å². The van der Waals surface area contributed by atoms with Crippen molar-refractivity contribution < 1.29 is 14.5 Å². The zero-order valence-corrected chi connectivity index (χ0v) is 9.11. The maximum atomic E-state index is 11.5. The van der Waals surface area contributed by atoms with E-state index in [0.29, 0.717) is 0 Å². The van der Waals surface area contributed by atoms with Gasteiger partial charge in [0.25, 0.3) is 0 Å². The van der Waals surface area contributed by atoms with Gasteiger partial charge in [-0.2, -0.15) is 4.79 Å². The molecule has 15 heavy (non-hydrogen) atoms. The molecule has 0 atom stereocenters. The minimum absolute atomic E-state index is 0.182. The second-order valence-electron chi connectivity index (χ2n) is 4.42. The van der Waals surface area contributed by atoms with E-state index < -0.39 is 6.09 Å². The summed E-state index contributed by atoms with van der Waals surface area (Å²) in [5.41, 5.74) is 0. The molecule has 0 aromatic heterocycles. The highest BCUT2D eigenvalue weighted by atomic mass is 16.4. The number of carbonyl (C=O) groups is 1. The van der Waals surface area contributed by atoms with E-state index in [1.54, 1.807) is 0 Å². The molecule has 86 valence electrons. The van der Waals surface area contributed by atoms with Crippen LogP contribution in [0, 0.1) is 0 Å². The Morgan fingerprint density at radius 1 is 1.13 bits per heavy atom. The summed E-state index contributed by atoms with van der Waals surface area (Å²) in [7, 11) is 0. The highest BCUT2D eigenvalue weighted by molar-refractivity contribution is 5.56. The summed E-state index contributed by atoms with van der Waals surface area (Å²) in [5.74, 6) is 0.